The van der Waals surface area contributed by atoms with Crippen LogP contribution in [0.4, 0.5) is 0 Å². The number of hydrogen-bond acceptors (Lipinski definition) is 5. The van der Waals surface area contributed by atoms with Crippen molar-refractivity contribution >= 4 is 12.4 Å². The van der Waals surface area contributed by atoms with Crippen molar-refractivity contribution in [3.05, 3.63) is 0 Å². The maximum atomic E-state index is 12.1. The molecule has 2 aliphatic heterocycles. The molecule has 2 fully saturated rings. The smallest absolute Gasteiger partial charge is 0.309 e. The quantitative estimate of drug-likeness (QED) is 0.568. The first-order valence-electron chi connectivity index (χ1n) is 7.81. The van der Waals surface area contributed by atoms with E-state index in [1.807, 2.05) is 25.7 Å². The molecule has 0 aromatic carbocycles. The zero-order valence-corrected chi connectivity index (χ0v) is 13.4. The number of carbonyl (C=O) groups excluding carboxylic acids is 2. The molecule has 0 saturated carbocycles. The second kappa shape index (κ2) is 6.75. The topological polar surface area (TPSA) is 53.1 Å². The van der Waals surface area contributed by atoms with Crippen LogP contribution in [0.1, 0.15) is 33.6 Å². The van der Waals surface area contributed by atoms with Gasteiger partial charge in [-0.2, -0.15) is 0 Å². The van der Waals surface area contributed by atoms with Crippen molar-refractivity contribution in [2.45, 2.75) is 39.2 Å². The molecule has 0 aromatic heterocycles. The third kappa shape index (κ3) is 4.68. The fourth-order valence-corrected chi connectivity index (χ4v) is 2.87. The van der Waals surface area contributed by atoms with E-state index >= 15 is 0 Å². The summed E-state index contributed by atoms with van der Waals surface area (Å²) >= 11 is 0. The highest BCUT2D eigenvalue weighted by Crippen LogP contribution is 2.22. The highest BCUT2D eigenvalue weighted by molar-refractivity contribution is 5.73. The Labute approximate surface area is 127 Å². The van der Waals surface area contributed by atoms with Gasteiger partial charge in [0.05, 0.1) is 5.92 Å². The van der Waals surface area contributed by atoms with Gasteiger partial charge in [0.1, 0.15) is 5.60 Å². The van der Waals surface area contributed by atoms with Gasteiger partial charge < -0.3 is 9.64 Å². The number of rotatable bonds is 3. The SMILES string of the molecule is CC(C)(C)OC(=O)C1CCN(N2CCN(C=O)CC2)CC1. The molecule has 0 bridgehead atoms. The molecule has 2 rings (SSSR count). The van der Waals surface area contributed by atoms with Gasteiger partial charge in [-0.15, -0.1) is 0 Å². The Balaban J connectivity index is 1.76. The van der Waals surface area contributed by atoms with Crippen molar-refractivity contribution in [2.24, 2.45) is 5.92 Å². The van der Waals surface area contributed by atoms with Crippen molar-refractivity contribution in [1.82, 2.24) is 14.9 Å². The number of ether oxygens (including phenoxy) is 1. The van der Waals surface area contributed by atoms with E-state index in [2.05, 4.69) is 10.0 Å². The molecule has 0 spiro atoms. The number of piperidine rings is 1. The molecule has 0 atom stereocenters. The number of amides is 1. The third-order valence-electron chi connectivity index (χ3n) is 4.05. The maximum Gasteiger partial charge on any atom is 0.309 e. The summed E-state index contributed by atoms with van der Waals surface area (Å²) in [5.74, 6) is -0.0373. The van der Waals surface area contributed by atoms with Gasteiger partial charge in [-0.05, 0) is 33.6 Å². The van der Waals surface area contributed by atoms with Crippen LogP contribution in [0.15, 0.2) is 0 Å². The van der Waals surface area contributed by atoms with E-state index in [-0.39, 0.29) is 11.9 Å². The van der Waals surface area contributed by atoms with Crippen molar-refractivity contribution in [3.8, 4) is 0 Å². The van der Waals surface area contributed by atoms with Crippen molar-refractivity contribution in [1.29, 1.82) is 0 Å². The maximum absolute atomic E-state index is 12.1. The average molecular weight is 297 g/mol. The second-order valence-corrected chi connectivity index (χ2v) is 6.86. The lowest BCUT2D eigenvalue weighted by molar-refractivity contribution is -0.164. The van der Waals surface area contributed by atoms with Crippen LogP contribution < -0.4 is 0 Å². The Hall–Kier alpha value is -1.14. The van der Waals surface area contributed by atoms with E-state index in [0.29, 0.717) is 0 Å². The van der Waals surface area contributed by atoms with Gasteiger partial charge in [-0.1, -0.05) is 0 Å². The summed E-state index contributed by atoms with van der Waals surface area (Å²) in [5.41, 5.74) is -0.403. The average Bonchev–Trinajstić information content (AvgIpc) is 2.46. The normalized spacial score (nSPS) is 23.1. The molecule has 120 valence electrons. The minimum atomic E-state index is -0.403. The van der Waals surface area contributed by atoms with E-state index in [0.717, 1.165) is 58.5 Å². The van der Waals surface area contributed by atoms with Crippen LogP contribution in [0, 0.1) is 5.92 Å². The summed E-state index contributed by atoms with van der Waals surface area (Å²) in [6, 6.07) is 0. The van der Waals surface area contributed by atoms with Crippen LogP contribution in [0.25, 0.3) is 0 Å². The minimum absolute atomic E-state index is 0.0248. The first kappa shape index (κ1) is 16.2. The molecule has 6 heteroatoms. The molecule has 2 saturated heterocycles. The number of nitrogens with zero attached hydrogens (tertiary/aromatic N) is 3. The van der Waals surface area contributed by atoms with E-state index in [1.165, 1.54) is 0 Å². The molecule has 0 aromatic rings. The molecule has 21 heavy (non-hydrogen) atoms. The second-order valence-electron chi connectivity index (χ2n) is 6.86. The first-order valence-corrected chi connectivity index (χ1v) is 7.81. The third-order valence-corrected chi connectivity index (χ3v) is 4.05. The van der Waals surface area contributed by atoms with E-state index < -0.39 is 5.60 Å². The molecule has 0 aliphatic carbocycles. The molecule has 0 radical (unpaired) electrons. The van der Waals surface area contributed by atoms with Gasteiger partial charge in [0.2, 0.25) is 6.41 Å². The van der Waals surface area contributed by atoms with Crippen LogP contribution >= 0.6 is 0 Å². The summed E-state index contributed by atoms with van der Waals surface area (Å²) in [7, 11) is 0. The Morgan fingerprint density at radius 2 is 1.52 bits per heavy atom. The van der Waals surface area contributed by atoms with Crippen LogP contribution in [0.2, 0.25) is 0 Å². The van der Waals surface area contributed by atoms with Crippen LogP contribution in [-0.2, 0) is 14.3 Å². The Kier molecular flexibility index (Phi) is 5.22. The number of piperazine rings is 1. The Morgan fingerprint density at radius 3 is 2.00 bits per heavy atom. The minimum Gasteiger partial charge on any atom is -0.460 e. The molecular formula is C15H27N3O3. The van der Waals surface area contributed by atoms with Gasteiger partial charge in [0.15, 0.2) is 0 Å². The lowest BCUT2D eigenvalue weighted by Crippen LogP contribution is -2.55. The largest absolute Gasteiger partial charge is 0.460 e. The van der Waals surface area contributed by atoms with Gasteiger partial charge in [0.25, 0.3) is 0 Å². The summed E-state index contributed by atoms with van der Waals surface area (Å²) < 4.78 is 5.47. The molecule has 6 nitrogen and oxygen atoms in total. The Bertz CT molecular complexity index is 365. The molecule has 2 heterocycles. The lowest BCUT2D eigenvalue weighted by atomic mass is 9.97. The molecule has 0 unspecified atom stereocenters. The summed E-state index contributed by atoms with van der Waals surface area (Å²) in [5, 5.41) is 4.63. The summed E-state index contributed by atoms with van der Waals surface area (Å²) in [6.45, 7) is 10.9. The fourth-order valence-electron chi connectivity index (χ4n) is 2.87. The molecule has 1 amide bonds. The van der Waals surface area contributed by atoms with Crippen molar-refractivity contribution in [3.63, 3.8) is 0 Å². The lowest BCUT2D eigenvalue weighted by Gasteiger charge is -2.43. The molecule has 0 N–H and O–H groups in total. The van der Waals surface area contributed by atoms with E-state index in [1.54, 1.807) is 0 Å². The van der Waals surface area contributed by atoms with Crippen LogP contribution in [-0.4, -0.2) is 72.2 Å². The Morgan fingerprint density at radius 1 is 1.00 bits per heavy atom. The molecular weight excluding hydrogens is 270 g/mol. The monoisotopic (exact) mass is 297 g/mol. The zero-order chi connectivity index (χ0) is 15.5. The van der Waals surface area contributed by atoms with Gasteiger partial charge in [0, 0.05) is 39.3 Å². The summed E-state index contributed by atoms with van der Waals surface area (Å²) in [4.78, 5) is 24.6. The highest BCUT2D eigenvalue weighted by Gasteiger charge is 2.31. The van der Waals surface area contributed by atoms with Crippen LogP contribution in [0.3, 0.4) is 0 Å². The van der Waals surface area contributed by atoms with Crippen molar-refractivity contribution in [2.75, 3.05) is 39.3 Å². The summed E-state index contributed by atoms with van der Waals surface area (Å²) in [6.07, 6.45) is 2.62. The van der Waals surface area contributed by atoms with Gasteiger partial charge in [-0.25, -0.2) is 10.0 Å². The van der Waals surface area contributed by atoms with E-state index in [9.17, 15) is 9.59 Å². The predicted molar refractivity (Wildman–Crippen MR) is 79.4 cm³/mol. The van der Waals surface area contributed by atoms with Crippen molar-refractivity contribution < 1.29 is 14.3 Å². The standard InChI is InChI=1S/C15H27N3O3/c1-15(2,3)21-14(20)13-4-6-17(7-5-13)18-10-8-16(12-19)9-11-18/h12-13H,4-11H2,1-3H3. The molecule has 2 aliphatic rings. The van der Waals surface area contributed by atoms with Gasteiger partial charge in [-0.3, -0.25) is 9.59 Å². The van der Waals surface area contributed by atoms with Gasteiger partial charge >= 0.3 is 5.97 Å². The first-order chi connectivity index (χ1) is 9.89. The van der Waals surface area contributed by atoms with Crippen LogP contribution in [0.5, 0.6) is 0 Å². The fraction of sp³-hybridized carbons (Fsp3) is 0.867. The van der Waals surface area contributed by atoms with E-state index in [4.69, 9.17) is 4.74 Å². The predicted octanol–water partition coefficient (Wildman–Crippen LogP) is 0.729. The number of hydrazine groups is 1. The highest BCUT2D eigenvalue weighted by atomic mass is 16.6. The zero-order valence-electron chi connectivity index (χ0n) is 13.4. The number of hydrogen-bond donors (Lipinski definition) is 0. The number of esters is 1. The number of carbonyl (C=O) groups is 2.